The Morgan fingerprint density at radius 1 is 1.44 bits per heavy atom. The summed E-state index contributed by atoms with van der Waals surface area (Å²) in [4.78, 5) is 2.46. The monoisotopic (exact) mass is 256 g/mol. The summed E-state index contributed by atoms with van der Waals surface area (Å²) in [6.07, 6.45) is 5.19. The number of hydrogen-bond acceptors (Lipinski definition) is 3. The summed E-state index contributed by atoms with van der Waals surface area (Å²) in [6, 6.07) is 0. The summed E-state index contributed by atoms with van der Waals surface area (Å²) in [7, 11) is 2.22. The molecule has 2 N–H and O–H groups in total. The zero-order valence-corrected chi connectivity index (χ0v) is 12.7. The maximum atomic E-state index is 6.12. The van der Waals surface area contributed by atoms with Crippen LogP contribution in [0.3, 0.4) is 0 Å². The van der Waals surface area contributed by atoms with Crippen LogP contribution in [-0.4, -0.2) is 43.8 Å². The number of ether oxygens (including phenoxy) is 1. The highest BCUT2D eigenvalue weighted by Gasteiger charge is 2.39. The molecule has 0 bridgehead atoms. The van der Waals surface area contributed by atoms with Crippen molar-refractivity contribution in [1.29, 1.82) is 0 Å². The lowest BCUT2D eigenvalue weighted by Gasteiger charge is -2.47. The van der Waals surface area contributed by atoms with Gasteiger partial charge in [-0.15, -0.1) is 0 Å². The van der Waals surface area contributed by atoms with Crippen molar-refractivity contribution in [3.63, 3.8) is 0 Å². The molecular weight excluding hydrogens is 224 g/mol. The lowest BCUT2D eigenvalue weighted by molar-refractivity contribution is 0.0217. The first kappa shape index (κ1) is 15.9. The lowest BCUT2D eigenvalue weighted by Crippen LogP contribution is -2.56. The van der Waals surface area contributed by atoms with Gasteiger partial charge in [0.25, 0.3) is 0 Å². The molecule has 1 fully saturated rings. The van der Waals surface area contributed by atoms with E-state index in [1.165, 1.54) is 25.7 Å². The number of nitrogens with zero attached hydrogens (tertiary/aromatic N) is 1. The Labute approximate surface area is 113 Å². The van der Waals surface area contributed by atoms with Gasteiger partial charge < -0.3 is 10.5 Å². The van der Waals surface area contributed by atoms with Gasteiger partial charge in [0.2, 0.25) is 0 Å². The number of rotatable bonds is 7. The minimum atomic E-state index is 0.213. The second-order valence-corrected chi connectivity index (χ2v) is 6.15. The first-order valence-corrected chi connectivity index (χ1v) is 7.54. The van der Waals surface area contributed by atoms with Crippen LogP contribution in [0.1, 0.15) is 46.5 Å². The first-order valence-electron chi connectivity index (χ1n) is 7.54. The SMILES string of the molecule is CCOCCN(C)C1(CN)CCCC(C(C)C)C1. The van der Waals surface area contributed by atoms with Gasteiger partial charge in [-0.2, -0.15) is 0 Å². The van der Waals surface area contributed by atoms with Crippen molar-refractivity contribution < 1.29 is 4.74 Å². The van der Waals surface area contributed by atoms with E-state index in [4.69, 9.17) is 10.5 Å². The Kier molecular flexibility index (Phi) is 6.61. The highest BCUT2D eigenvalue weighted by Crippen LogP contribution is 2.38. The van der Waals surface area contributed by atoms with Gasteiger partial charge in [0.1, 0.15) is 0 Å². The summed E-state index contributed by atoms with van der Waals surface area (Å²) in [6.45, 7) is 10.1. The molecule has 2 unspecified atom stereocenters. The molecule has 0 radical (unpaired) electrons. The highest BCUT2D eigenvalue weighted by molar-refractivity contribution is 4.96. The van der Waals surface area contributed by atoms with Gasteiger partial charge in [-0.05, 0) is 38.6 Å². The average Bonchev–Trinajstić information content (AvgIpc) is 2.38. The maximum Gasteiger partial charge on any atom is 0.0593 e. The van der Waals surface area contributed by atoms with Crippen LogP contribution in [0.2, 0.25) is 0 Å². The molecule has 0 aromatic carbocycles. The first-order chi connectivity index (χ1) is 8.55. The molecule has 1 rings (SSSR count). The Morgan fingerprint density at radius 3 is 2.72 bits per heavy atom. The van der Waals surface area contributed by atoms with Gasteiger partial charge in [-0.25, -0.2) is 0 Å². The third-order valence-corrected chi connectivity index (χ3v) is 4.77. The van der Waals surface area contributed by atoms with Gasteiger partial charge in [-0.3, -0.25) is 4.90 Å². The topological polar surface area (TPSA) is 38.5 Å². The fourth-order valence-corrected chi connectivity index (χ4v) is 3.23. The second-order valence-electron chi connectivity index (χ2n) is 6.15. The van der Waals surface area contributed by atoms with Crippen LogP contribution in [0.25, 0.3) is 0 Å². The Morgan fingerprint density at radius 2 is 2.17 bits per heavy atom. The molecule has 18 heavy (non-hydrogen) atoms. The molecule has 0 aliphatic heterocycles. The molecule has 1 aliphatic rings. The van der Waals surface area contributed by atoms with Crippen molar-refractivity contribution in [3.8, 4) is 0 Å². The Hall–Kier alpha value is -0.120. The number of nitrogens with two attached hydrogens (primary N) is 1. The largest absolute Gasteiger partial charge is 0.380 e. The lowest BCUT2D eigenvalue weighted by atomic mass is 9.71. The normalized spacial score (nSPS) is 29.2. The van der Waals surface area contributed by atoms with E-state index in [2.05, 4.69) is 25.8 Å². The molecule has 0 amide bonds. The fourth-order valence-electron chi connectivity index (χ4n) is 3.23. The fraction of sp³-hybridized carbons (Fsp3) is 1.00. The van der Waals surface area contributed by atoms with Crippen LogP contribution in [0.5, 0.6) is 0 Å². The van der Waals surface area contributed by atoms with E-state index in [1.54, 1.807) is 0 Å². The minimum absolute atomic E-state index is 0.213. The summed E-state index contributed by atoms with van der Waals surface area (Å²) in [5.74, 6) is 1.60. The van der Waals surface area contributed by atoms with Crippen molar-refractivity contribution in [2.45, 2.75) is 52.0 Å². The molecule has 2 atom stereocenters. The summed E-state index contributed by atoms with van der Waals surface area (Å²) in [5, 5.41) is 0. The van der Waals surface area contributed by atoms with E-state index in [-0.39, 0.29) is 5.54 Å². The minimum Gasteiger partial charge on any atom is -0.380 e. The van der Waals surface area contributed by atoms with Gasteiger partial charge in [0.15, 0.2) is 0 Å². The van der Waals surface area contributed by atoms with Crippen molar-refractivity contribution in [1.82, 2.24) is 4.90 Å². The van der Waals surface area contributed by atoms with Crippen LogP contribution >= 0.6 is 0 Å². The third-order valence-electron chi connectivity index (χ3n) is 4.77. The van der Waals surface area contributed by atoms with Crippen molar-refractivity contribution in [3.05, 3.63) is 0 Å². The molecule has 3 nitrogen and oxygen atoms in total. The van der Waals surface area contributed by atoms with Crippen LogP contribution in [0, 0.1) is 11.8 Å². The zero-order chi connectivity index (χ0) is 13.6. The van der Waals surface area contributed by atoms with Crippen molar-refractivity contribution in [2.75, 3.05) is 33.4 Å². The molecule has 0 aromatic heterocycles. The van der Waals surface area contributed by atoms with Crippen LogP contribution in [0.4, 0.5) is 0 Å². The summed E-state index contributed by atoms with van der Waals surface area (Å²) in [5.41, 5.74) is 6.34. The van der Waals surface area contributed by atoms with Crippen LogP contribution in [0.15, 0.2) is 0 Å². The maximum absolute atomic E-state index is 6.12. The van der Waals surface area contributed by atoms with Crippen LogP contribution < -0.4 is 5.73 Å². The Bertz CT molecular complexity index is 233. The smallest absolute Gasteiger partial charge is 0.0593 e. The molecule has 1 saturated carbocycles. The predicted molar refractivity (Wildman–Crippen MR) is 77.7 cm³/mol. The van der Waals surface area contributed by atoms with Gasteiger partial charge in [0, 0.05) is 25.2 Å². The zero-order valence-electron chi connectivity index (χ0n) is 12.7. The second kappa shape index (κ2) is 7.46. The molecule has 3 heteroatoms. The van der Waals surface area contributed by atoms with E-state index in [1.807, 2.05) is 6.92 Å². The van der Waals surface area contributed by atoms with Crippen molar-refractivity contribution >= 4 is 0 Å². The van der Waals surface area contributed by atoms with Gasteiger partial charge in [-0.1, -0.05) is 26.7 Å². The molecular formula is C15H32N2O. The quantitative estimate of drug-likeness (QED) is 0.711. The molecule has 1 aliphatic carbocycles. The van der Waals surface area contributed by atoms with E-state index in [0.29, 0.717) is 0 Å². The van der Waals surface area contributed by atoms with E-state index < -0.39 is 0 Å². The number of hydrogen-bond donors (Lipinski definition) is 1. The third kappa shape index (κ3) is 3.94. The molecule has 0 heterocycles. The molecule has 0 saturated heterocycles. The molecule has 0 spiro atoms. The van der Waals surface area contributed by atoms with Gasteiger partial charge in [0.05, 0.1) is 6.61 Å². The van der Waals surface area contributed by atoms with E-state index >= 15 is 0 Å². The van der Waals surface area contributed by atoms with Crippen molar-refractivity contribution in [2.24, 2.45) is 17.6 Å². The number of likely N-dealkylation sites (N-methyl/N-ethyl adjacent to an activating group) is 1. The van der Waals surface area contributed by atoms with Crippen LogP contribution in [-0.2, 0) is 4.74 Å². The van der Waals surface area contributed by atoms with Gasteiger partial charge >= 0.3 is 0 Å². The average molecular weight is 256 g/mol. The Balaban J connectivity index is 2.59. The summed E-state index contributed by atoms with van der Waals surface area (Å²) < 4.78 is 5.48. The molecule has 0 aromatic rings. The van der Waals surface area contributed by atoms with E-state index in [9.17, 15) is 0 Å². The summed E-state index contributed by atoms with van der Waals surface area (Å²) >= 11 is 0. The predicted octanol–water partition coefficient (Wildman–Crippen LogP) is 2.50. The highest BCUT2D eigenvalue weighted by atomic mass is 16.5. The van der Waals surface area contributed by atoms with E-state index in [0.717, 1.165) is 38.1 Å². The standard InChI is InChI=1S/C15H32N2O/c1-5-18-10-9-17(4)15(12-16)8-6-7-14(11-15)13(2)3/h13-14H,5-12,16H2,1-4H3. The molecule has 108 valence electrons.